The van der Waals surface area contributed by atoms with Crippen LogP contribution in [0, 0.1) is 29.1 Å². The average Bonchev–Trinajstić information content (AvgIpc) is 2.85. The maximum Gasteiger partial charge on any atom is 0.195 e. The standard InChI is InChI=1S/C13H5F5N2/c14-6-2-1-5(9(16)10(6)17)13-19-8-4-3-7(15)11(18)12(8)20-13/h1-4H,(H,19,20). The highest BCUT2D eigenvalue weighted by atomic mass is 19.2. The first-order valence-corrected chi connectivity index (χ1v) is 5.46. The summed E-state index contributed by atoms with van der Waals surface area (Å²) in [6.45, 7) is 0. The highest BCUT2D eigenvalue weighted by Gasteiger charge is 2.19. The van der Waals surface area contributed by atoms with Crippen molar-refractivity contribution in [2.75, 3.05) is 0 Å². The molecule has 1 aromatic heterocycles. The predicted octanol–water partition coefficient (Wildman–Crippen LogP) is 3.93. The molecule has 2 aromatic carbocycles. The van der Waals surface area contributed by atoms with Crippen molar-refractivity contribution < 1.29 is 22.0 Å². The third kappa shape index (κ3) is 1.74. The van der Waals surface area contributed by atoms with E-state index in [1.54, 1.807) is 0 Å². The largest absolute Gasteiger partial charge is 0.338 e. The summed E-state index contributed by atoms with van der Waals surface area (Å²) < 4.78 is 66.1. The van der Waals surface area contributed by atoms with Gasteiger partial charge in [0.25, 0.3) is 0 Å². The number of rotatable bonds is 1. The van der Waals surface area contributed by atoms with E-state index in [4.69, 9.17) is 0 Å². The summed E-state index contributed by atoms with van der Waals surface area (Å²) in [6.07, 6.45) is 0. The van der Waals surface area contributed by atoms with Gasteiger partial charge in [0, 0.05) is 0 Å². The quantitative estimate of drug-likeness (QED) is 0.532. The van der Waals surface area contributed by atoms with E-state index in [2.05, 4.69) is 9.97 Å². The van der Waals surface area contributed by atoms with Crippen molar-refractivity contribution in [2.24, 2.45) is 0 Å². The number of hydrogen-bond donors (Lipinski definition) is 1. The predicted molar refractivity (Wildman–Crippen MR) is 61.3 cm³/mol. The minimum absolute atomic E-state index is 0.114. The Morgan fingerprint density at radius 2 is 1.40 bits per heavy atom. The van der Waals surface area contributed by atoms with Crippen LogP contribution in [0.4, 0.5) is 22.0 Å². The third-order valence-corrected chi connectivity index (χ3v) is 2.84. The molecule has 102 valence electrons. The third-order valence-electron chi connectivity index (χ3n) is 2.84. The second-order valence-corrected chi connectivity index (χ2v) is 4.07. The zero-order valence-electron chi connectivity index (χ0n) is 9.65. The van der Waals surface area contributed by atoms with E-state index >= 15 is 0 Å². The molecule has 20 heavy (non-hydrogen) atoms. The zero-order chi connectivity index (χ0) is 14.4. The van der Waals surface area contributed by atoms with Gasteiger partial charge in [-0.25, -0.2) is 26.9 Å². The van der Waals surface area contributed by atoms with Crippen molar-refractivity contribution in [1.29, 1.82) is 0 Å². The Bertz CT molecular complexity index is 825. The van der Waals surface area contributed by atoms with E-state index in [0.717, 1.165) is 18.2 Å². The van der Waals surface area contributed by atoms with Gasteiger partial charge in [0.1, 0.15) is 11.3 Å². The van der Waals surface area contributed by atoms with E-state index in [1.165, 1.54) is 6.07 Å². The molecule has 0 aliphatic carbocycles. The monoisotopic (exact) mass is 284 g/mol. The lowest BCUT2D eigenvalue weighted by Gasteiger charge is -2.00. The van der Waals surface area contributed by atoms with Crippen LogP contribution in [0.3, 0.4) is 0 Å². The molecule has 1 N–H and O–H groups in total. The Kier molecular flexibility index (Phi) is 2.70. The van der Waals surface area contributed by atoms with Gasteiger partial charge in [0.15, 0.2) is 29.1 Å². The number of hydrogen-bond acceptors (Lipinski definition) is 1. The Labute approximate surface area is 108 Å². The van der Waals surface area contributed by atoms with E-state index in [9.17, 15) is 22.0 Å². The van der Waals surface area contributed by atoms with Gasteiger partial charge in [-0.3, -0.25) is 0 Å². The van der Waals surface area contributed by atoms with E-state index in [0.29, 0.717) is 0 Å². The van der Waals surface area contributed by atoms with Crippen LogP contribution in [0.15, 0.2) is 24.3 Å². The van der Waals surface area contributed by atoms with Crippen LogP contribution in [-0.2, 0) is 0 Å². The summed E-state index contributed by atoms with van der Waals surface area (Å²) in [5.41, 5.74) is -0.605. The second-order valence-electron chi connectivity index (χ2n) is 4.07. The van der Waals surface area contributed by atoms with Gasteiger partial charge in [0.05, 0.1) is 11.1 Å². The average molecular weight is 284 g/mol. The fraction of sp³-hybridized carbons (Fsp3) is 0. The summed E-state index contributed by atoms with van der Waals surface area (Å²) >= 11 is 0. The first kappa shape index (κ1) is 12.6. The number of nitrogens with zero attached hydrogens (tertiary/aromatic N) is 1. The molecule has 0 fully saturated rings. The molecule has 0 spiro atoms. The lowest BCUT2D eigenvalue weighted by Crippen LogP contribution is -1.94. The maximum absolute atomic E-state index is 13.6. The number of fused-ring (bicyclic) bond motifs is 1. The maximum atomic E-state index is 13.6. The molecule has 3 rings (SSSR count). The molecule has 3 aromatic rings. The Balaban J connectivity index is 2.26. The van der Waals surface area contributed by atoms with Crippen LogP contribution < -0.4 is 0 Å². The smallest absolute Gasteiger partial charge is 0.195 e. The van der Waals surface area contributed by atoms with Crippen molar-refractivity contribution in [3.05, 3.63) is 53.4 Å². The molecule has 0 saturated heterocycles. The minimum Gasteiger partial charge on any atom is -0.338 e. The highest BCUT2D eigenvalue weighted by Crippen LogP contribution is 2.27. The van der Waals surface area contributed by atoms with Gasteiger partial charge in [0.2, 0.25) is 0 Å². The molecule has 0 bridgehead atoms. The summed E-state index contributed by atoms with van der Waals surface area (Å²) in [5.74, 6) is -6.99. The zero-order valence-corrected chi connectivity index (χ0v) is 9.65. The summed E-state index contributed by atoms with van der Waals surface area (Å²) in [7, 11) is 0. The van der Waals surface area contributed by atoms with Crippen LogP contribution in [0.1, 0.15) is 0 Å². The molecule has 0 aliphatic heterocycles. The molecule has 7 heteroatoms. The number of aromatic nitrogens is 2. The van der Waals surface area contributed by atoms with Gasteiger partial charge < -0.3 is 4.98 Å². The molecule has 0 aliphatic rings. The summed E-state index contributed by atoms with van der Waals surface area (Å²) in [4.78, 5) is 6.20. The number of aromatic amines is 1. The van der Waals surface area contributed by atoms with Crippen LogP contribution in [0.25, 0.3) is 22.4 Å². The van der Waals surface area contributed by atoms with E-state index < -0.39 is 29.1 Å². The first-order valence-electron chi connectivity index (χ1n) is 5.46. The van der Waals surface area contributed by atoms with E-state index in [-0.39, 0.29) is 22.4 Å². The number of imidazole rings is 1. The molecule has 1 heterocycles. The van der Waals surface area contributed by atoms with Crippen molar-refractivity contribution in [2.45, 2.75) is 0 Å². The van der Waals surface area contributed by atoms with Gasteiger partial charge >= 0.3 is 0 Å². The molecule has 0 amide bonds. The normalized spacial score (nSPS) is 11.2. The van der Waals surface area contributed by atoms with Crippen molar-refractivity contribution >= 4 is 11.0 Å². The molecule has 0 saturated carbocycles. The lowest BCUT2D eigenvalue weighted by atomic mass is 10.2. The fourth-order valence-electron chi connectivity index (χ4n) is 1.85. The highest BCUT2D eigenvalue weighted by molar-refractivity contribution is 5.80. The number of nitrogens with one attached hydrogen (secondary N) is 1. The first-order chi connectivity index (χ1) is 9.49. The summed E-state index contributed by atoms with van der Waals surface area (Å²) in [6, 6.07) is 3.76. The van der Waals surface area contributed by atoms with Crippen LogP contribution in [0.2, 0.25) is 0 Å². The molecule has 0 radical (unpaired) electrons. The van der Waals surface area contributed by atoms with Crippen LogP contribution >= 0.6 is 0 Å². The van der Waals surface area contributed by atoms with Crippen LogP contribution in [0.5, 0.6) is 0 Å². The molecule has 0 atom stereocenters. The molecule has 2 nitrogen and oxygen atoms in total. The molecular weight excluding hydrogens is 279 g/mol. The number of benzene rings is 2. The van der Waals surface area contributed by atoms with Gasteiger partial charge in [-0.15, -0.1) is 0 Å². The Morgan fingerprint density at radius 1 is 0.750 bits per heavy atom. The fourth-order valence-corrected chi connectivity index (χ4v) is 1.85. The SMILES string of the molecule is Fc1ccc(-c2nc3c(F)c(F)ccc3[nH]2)c(F)c1F. The Morgan fingerprint density at radius 3 is 2.15 bits per heavy atom. The van der Waals surface area contributed by atoms with Crippen molar-refractivity contribution in [3.8, 4) is 11.4 Å². The second kappa shape index (κ2) is 4.29. The Hall–Kier alpha value is -2.44. The lowest BCUT2D eigenvalue weighted by molar-refractivity contribution is 0.448. The van der Waals surface area contributed by atoms with Crippen molar-refractivity contribution in [3.63, 3.8) is 0 Å². The molecule has 0 unspecified atom stereocenters. The molecular formula is C13H5F5N2. The van der Waals surface area contributed by atoms with E-state index in [1.807, 2.05) is 0 Å². The van der Waals surface area contributed by atoms with Crippen molar-refractivity contribution in [1.82, 2.24) is 9.97 Å². The topological polar surface area (TPSA) is 28.7 Å². The minimum atomic E-state index is -1.66. The summed E-state index contributed by atoms with van der Waals surface area (Å²) in [5, 5.41) is 0. The van der Waals surface area contributed by atoms with Gasteiger partial charge in [-0.2, -0.15) is 0 Å². The van der Waals surface area contributed by atoms with Gasteiger partial charge in [-0.1, -0.05) is 0 Å². The number of halogens is 5. The van der Waals surface area contributed by atoms with Crippen LogP contribution in [-0.4, -0.2) is 9.97 Å². The number of H-pyrrole nitrogens is 1. The van der Waals surface area contributed by atoms with Gasteiger partial charge in [-0.05, 0) is 24.3 Å².